The minimum atomic E-state index is -1.30. The predicted octanol–water partition coefficient (Wildman–Crippen LogP) is 3.60. The van der Waals surface area contributed by atoms with Gasteiger partial charge in [-0.25, -0.2) is 4.79 Å². The summed E-state index contributed by atoms with van der Waals surface area (Å²) in [5.41, 5.74) is 1.38. The molecule has 1 heterocycles. The minimum absolute atomic E-state index is 0.226. The smallest absolute Gasteiger partial charge is 0.330 e. The molecule has 1 N–H and O–H groups in total. The number of hydrogen-bond acceptors (Lipinski definition) is 6. The Labute approximate surface area is 196 Å². The number of carbonyl (C=O) groups is 4. The lowest BCUT2D eigenvalue weighted by Crippen LogP contribution is -2.44. The summed E-state index contributed by atoms with van der Waals surface area (Å²) in [7, 11) is 1.54. The van der Waals surface area contributed by atoms with Crippen LogP contribution < -0.4 is 10.1 Å². The van der Waals surface area contributed by atoms with Crippen LogP contribution in [-0.4, -0.2) is 41.7 Å². The summed E-state index contributed by atoms with van der Waals surface area (Å²) in [4.78, 5) is 52.5. The van der Waals surface area contributed by atoms with Crippen molar-refractivity contribution in [1.29, 1.82) is 0 Å². The molecule has 0 saturated heterocycles. The van der Waals surface area contributed by atoms with E-state index in [0.29, 0.717) is 17.0 Å². The van der Waals surface area contributed by atoms with Gasteiger partial charge >= 0.3 is 5.97 Å². The number of rotatable bonds is 7. The monoisotopic (exact) mass is 458 g/mol. The molecule has 34 heavy (non-hydrogen) atoms. The van der Waals surface area contributed by atoms with Gasteiger partial charge in [-0.05, 0) is 43.3 Å². The van der Waals surface area contributed by atoms with Crippen LogP contribution in [0.5, 0.6) is 5.75 Å². The van der Waals surface area contributed by atoms with Crippen LogP contribution in [0.25, 0.3) is 0 Å². The van der Waals surface area contributed by atoms with E-state index in [0.717, 1.165) is 4.90 Å². The fourth-order valence-electron chi connectivity index (χ4n) is 3.66. The van der Waals surface area contributed by atoms with Gasteiger partial charge in [0.15, 0.2) is 0 Å². The number of imide groups is 1. The van der Waals surface area contributed by atoms with E-state index in [4.69, 9.17) is 9.47 Å². The summed E-state index contributed by atoms with van der Waals surface area (Å²) >= 11 is 0. The molecule has 0 radical (unpaired) electrons. The van der Waals surface area contributed by atoms with Crippen LogP contribution in [0.2, 0.25) is 0 Å². The fourth-order valence-corrected chi connectivity index (χ4v) is 3.66. The highest BCUT2D eigenvalue weighted by molar-refractivity contribution is 6.22. The Bertz CT molecular complexity index is 1200. The molecule has 0 spiro atoms. The highest BCUT2D eigenvalue weighted by Crippen LogP contribution is 2.27. The Kier molecular flexibility index (Phi) is 6.40. The summed E-state index contributed by atoms with van der Waals surface area (Å²) in [6.45, 7) is 1.40. The van der Waals surface area contributed by atoms with Crippen LogP contribution in [-0.2, 0) is 14.3 Å². The zero-order valence-corrected chi connectivity index (χ0v) is 18.6. The van der Waals surface area contributed by atoms with Crippen molar-refractivity contribution in [1.82, 2.24) is 4.90 Å². The summed E-state index contributed by atoms with van der Waals surface area (Å²) in [6.07, 6.45) is -1.30. The van der Waals surface area contributed by atoms with Crippen molar-refractivity contribution < 1.29 is 28.7 Å². The predicted molar refractivity (Wildman–Crippen MR) is 123 cm³/mol. The molecule has 0 bridgehead atoms. The van der Waals surface area contributed by atoms with Crippen molar-refractivity contribution in [2.24, 2.45) is 0 Å². The quantitative estimate of drug-likeness (QED) is 0.429. The summed E-state index contributed by atoms with van der Waals surface area (Å²) in [6, 6.07) is 20.3. The molecule has 2 atom stereocenters. The van der Waals surface area contributed by atoms with Crippen molar-refractivity contribution in [2.45, 2.75) is 19.1 Å². The van der Waals surface area contributed by atoms with Crippen LogP contribution in [0.1, 0.15) is 39.3 Å². The molecule has 0 saturated carbocycles. The van der Waals surface area contributed by atoms with E-state index in [1.54, 1.807) is 66.7 Å². The first-order valence-electron chi connectivity index (χ1n) is 10.6. The Morgan fingerprint density at radius 2 is 1.38 bits per heavy atom. The highest BCUT2D eigenvalue weighted by Gasteiger charge is 2.42. The van der Waals surface area contributed by atoms with Gasteiger partial charge in [-0.2, -0.15) is 0 Å². The lowest BCUT2D eigenvalue weighted by molar-refractivity contribution is -0.158. The Morgan fingerprint density at radius 1 is 0.824 bits per heavy atom. The fraction of sp³-hybridized carbons (Fsp3) is 0.154. The van der Waals surface area contributed by atoms with Gasteiger partial charge in [0.25, 0.3) is 17.7 Å². The summed E-state index contributed by atoms with van der Waals surface area (Å²) < 4.78 is 10.7. The molecule has 2 unspecified atom stereocenters. The van der Waals surface area contributed by atoms with Gasteiger partial charge < -0.3 is 14.8 Å². The molecule has 3 amide bonds. The molecule has 0 fully saturated rings. The standard InChI is InChI=1S/C26H22N2O6/c1-16(28-24(30)20-10-6-7-11-21(20)25(28)31)26(32)34-22(17-8-4-3-5-9-17)23(29)27-18-12-14-19(33-2)15-13-18/h3-16,22H,1-2H3,(H,27,29). The molecule has 8 nitrogen and oxygen atoms in total. The first-order chi connectivity index (χ1) is 16.4. The zero-order valence-electron chi connectivity index (χ0n) is 18.6. The third-order valence-corrected chi connectivity index (χ3v) is 5.49. The number of methoxy groups -OCH3 is 1. The second-order valence-corrected chi connectivity index (χ2v) is 7.65. The molecule has 3 aromatic carbocycles. The number of hydrogen-bond donors (Lipinski definition) is 1. The largest absolute Gasteiger partial charge is 0.497 e. The van der Waals surface area contributed by atoms with Gasteiger partial charge in [0, 0.05) is 11.3 Å². The molecule has 1 aliphatic heterocycles. The number of esters is 1. The van der Waals surface area contributed by atoms with Crippen LogP contribution in [0.4, 0.5) is 5.69 Å². The SMILES string of the molecule is COc1ccc(NC(=O)C(OC(=O)C(C)N2C(=O)c3ccccc3C2=O)c2ccccc2)cc1. The highest BCUT2D eigenvalue weighted by atomic mass is 16.5. The van der Waals surface area contributed by atoms with Gasteiger partial charge in [-0.1, -0.05) is 42.5 Å². The van der Waals surface area contributed by atoms with E-state index in [9.17, 15) is 19.2 Å². The van der Waals surface area contributed by atoms with Crippen LogP contribution in [0.3, 0.4) is 0 Å². The second kappa shape index (κ2) is 9.58. The lowest BCUT2D eigenvalue weighted by atomic mass is 10.1. The Balaban J connectivity index is 1.54. The van der Waals surface area contributed by atoms with Crippen molar-refractivity contribution >= 4 is 29.4 Å². The first kappa shape index (κ1) is 22.7. The zero-order chi connectivity index (χ0) is 24.2. The number of amides is 3. The third-order valence-electron chi connectivity index (χ3n) is 5.49. The van der Waals surface area contributed by atoms with E-state index >= 15 is 0 Å². The Hall–Kier alpha value is -4.46. The Morgan fingerprint density at radius 3 is 1.94 bits per heavy atom. The van der Waals surface area contributed by atoms with Crippen LogP contribution >= 0.6 is 0 Å². The van der Waals surface area contributed by atoms with Gasteiger partial charge in [-0.15, -0.1) is 0 Å². The maximum absolute atomic E-state index is 13.1. The summed E-state index contributed by atoms with van der Waals surface area (Å²) in [5.74, 6) is -2.00. The maximum Gasteiger partial charge on any atom is 0.330 e. The number of ether oxygens (including phenoxy) is 2. The van der Waals surface area contributed by atoms with E-state index in [2.05, 4.69) is 5.32 Å². The summed E-state index contributed by atoms with van der Waals surface area (Å²) in [5, 5.41) is 2.72. The number of nitrogens with zero attached hydrogens (tertiary/aromatic N) is 1. The van der Waals surface area contributed by atoms with E-state index in [1.165, 1.54) is 26.2 Å². The molecule has 4 rings (SSSR count). The molecular formula is C26H22N2O6. The van der Waals surface area contributed by atoms with Crippen molar-refractivity contribution in [2.75, 3.05) is 12.4 Å². The molecule has 0 aromatic heterocycles. The van der Waals surface area contributed by atoms with Crippen LogP contribution in [0, 0.1) is 0 Å². The van der Waals surface area contributed by atoms with Crippen molar-refractivity contribution in [3.05, 3.63) is 95.6 Å². The third kappa shape index (κ3) is 4.38. The maximum atomic E-state index is 13.1. The number of benzene rings is 3. The normalized spacial score (nSPS) is 14.2. The molecular weight excluding hydrogens is 436 g/mol. The second-order valence-electron chi connectivity index (χ2n) is 7.65. The minimum Gasteiger partial charge on any atom is -0.497 e. The van der Waals surface area contributed by atoms with Crippen molar-refractivity contribution in [3.63, 3.8) is 0 Å². The van der Waals surface area contributed by atoms with E-state index in [-0.39, 0.29) is 11.1 Å². The van der Waals surface area contributed by atoms with E-state index < -0.39 is 35.8 Å². The van der Waals surface area contributed by atoms with Gasteiger partial charge in [0.1, 0.15) is 11.8 Å². The number of carbonyl (C=O) groups excluding carboxylic acids is 4. The topological polar surface area (TPSA) is 102 Å². The lowest BCUT2D eigenvalue weighted by Gasteiger charge is -2.24. The number of fused-ring (bicyclic) bond motifs is 1. The average Bonchev–Trinajstić information content (AvgIpc) is 3.12. The number of anilines is 1. The molecule has 1 aliphatic rings. The molecule has 172 valence electrons. The first-order valence-corrected chi connectivity index (χ1v) is 10.6. The van der Waals surface area contributed by atoms with Crippen molar-refractivity contribution in [3.8, 4) is 5.75 Å². The van der Waals surface area contributed by atoms with Gasteiger partial charge in [0.2, 0.25) is 6.10 Å². The van der Waals surface area contributed by atoms with Crippen LogP contribution in [0.15, 0.2) is 78.9 Å². The molecule has 0 aliphatic carbocycles. The van der Waals surface area contributed by atoms with E-state index in [1.807, 2.05) is 0 Å². The average molecular weight is 458 g/mol. The molecule has 8 heteroatoms. The van der Waals surface area contributed by atoms with Gasteiger partial charge in [-0.3, -0.25) is 19.3 Å². The van der Waals surface area contributed by atoms with Gasteiger partial charge in [0.05, 0.1) is 18.2 Å². The number of nitrogens with one attached hydrogen (secondary N) is 1. The molecule has 3 aromatic rings.